The average molecular weight is 338 g/mol. The molecule has 1 aromatic carbocycles. The number of anilines is 1. The van der Waals surface area contributed by atoms with Crippen LogP contribution in [0.4, 0.5) is 28.4 Å². The summed E-state index contributed by atoms with van der Waals surface area (Å²) in [5.74, 6) is -1.19. The van der Waals surface area contributed by atoms with E-state index in [1.165, 1.54) is 6.07 Å². The minimum absolute atomic E-state index is 0.0503. The fraction of sp³-hybridized carbons (Fsp3) is 0.143. The lowest BCUT2D eigenvalue weighted by Gasteiger charge is -2.06. The monoisotopic (exact) mass is 338 g/mol. The van der Waals surface area contributed by atoms with Crippen LogP contribution in [0.25, 0.3) is 0 Å². The molecule has 2 N–H and O–H groups in total. The molecule has 3 rings (SSSR count). The molecule has 7 nitrogen and oxygen atoms in total. The van der Waals surface area contributed by atoms with Crippen LogP contribution in [0.5, 0.6) is 0 Å². The standard InChI is InChI=1S/C14H9F3N4O3/c15-14(16,17)10-5-4-7(24-10)6-18-12(22)19-8-2-1-3-9-11(8)21-13(23)20-9/h1-5H,6H2,(H2,18,19,22). The molecular formula is C14H9F3N4O3. The van der Waals surface area contributed by atoms with Crippen molar-refractivity contribution in [3.05, 3.63) is 52.6 Å². The van der Waals surface area contributed by atoms with E-state index in [-0.39, 0.29) is 23.3 Å². The molecule has 2 heterocycles. The zero-order valence-corrected chi connectivity index (χ0v) is 11.8. The number of hydrogen-bond acceptors (Lipinski definition) is 3. The van der Waals surface area contributed by atoms with Crippen molar-refractivity contribution >= 4 is 17.7 Å². The van der Waals surface area contributed by atoms with Gasteiger partial charge >= 0.3 is 18.2 Å². The van der Waals surface area contributed by atoms with Gasteiger partial charge in [0.2, 0.25) is 5.76 Å². The molecule has 24 heavy (non-hydrogen) atoms. The van der Waals surface area contributed by atoms with Gasteiger partial charge in [-0.05, 0) is 24.3 Å². The largest absolute Gasteiger partial charge is 0.455 e. The normalized spacial score (nSPS) is 13.0. The molecule has 0 radical (unpaired) electrons. The van der Waals surface area contributed by atoms with E-state index < -0.39 is 24.0 Å². The second-order valence-corrected chi connectivity index (χ2v) is 4.75. The van der Waals surface area contributed by atoms with E-state index in [0.717, 1.165) is 12.1 Å². The van der Waals surface area contributed by atoms with Crippen molar-refractivity contribution in [2.24, 2.45) is 9.98 Å². The van der Waals surface area contributed by atoms with Gasteiger partial charge < -0.3 is 15.1 Å². The number of nitrogens with zero attached hydrogens (tertiary/aromatic N) is 2. The molecule has 10 heteroatoms. The van der Waals surface area contributed by atoms with Crippen molar-refractivity contribution in [2.75, 3.05) is 5.32 Å². The lowest BCUT2D eigenvalue weighted by atomic mass is 10.3. The highest BCUT2D eigenvalue weighted by molar-refractivity contribution is 5.89. The maximum Gasteiger partial charge on any atom is 0.449 e. The summed E-state index contributed by atoms with van der Waals surface area (Å²) in [6.45, 7) is -0.239. The molecule has 0 spiro atoms. The SMILES string of the molecule is O=C1N=c2cccc(NC(=O)NCc3ccc(C(F)(F)F)o3)c2=N1. The Hall–Kier alpha value is -3.17. The van der Waals surface area contributed by atoms with Crippen molar-refractivity contribution in [3.63, 3.8) is 0 Å². The summed E-state index contributed by atoms with van der Waals surface area (Å²) >= 11 is 0. The van der Waals surface area contributed by atoms with Gasteiger partial charge in [-0.1, -0.05) is 6.07 Å². The van der Waals surface area contributed by atoms with Crippen LogP contribution in [-0.2, 0) is 12.7 Å². The number of hydrogen-bond donors (Lipinski definition) is 2. The van der Waals surface area contributed by atoms with Crippen LogP contribution in [-0.4, -0.2) is 12.1 Å². The van der Waals surface area contributed by atoms with Crippen molar-refractivity contribution in [2.45, 2.75) is 12.7 Å². The lowest BCUT2D eigenvalue weighted by Crippen LogP contribution is -2.33. The van der Waals surface area contributed by atoms with Crippen molar-refractivity contribution in [1.82, 2.24) is 5.32 Å². The summed E-state index contributed by atoms with van der Waals surface area (Å²) in [7, 11) is 0. The fourth-order valence-corrected chi connectivity index (χ4v) is 2.02. The number of para-hydroxylation sites is 1. The van der Waals surface area contributed by atoms with Gasteiger partial charge in [0.25, 0.3) is 0 Å². The van der Waals surface area contributed by atoms with Crippen molar-refractivity contribution in [3.8, 4) is 0 Å². The van der Waals surface area contributed by atoms with E-state index in [4.69, 9.17) is 0 Å². The third-order valence-electron chi connectivity index (χ3n) is 3.05. The van der Waals surface area contributed by atoms with Gasteiger partial charge in [-0.15, -0.1) is 0 Å². The first-order valence-electron chi connectivity index (χ1n) is 6.64. The Morgan fingerprint density at radius 2 is 1.96 bits per heavy atom. The summed E-state index contributed by atoms with van der Waals surface area (Å²) < 4.78 is 41.8. The number of alkyl halides is 3. The molecule has 124 valence electrons. The molecular weight excluding hydrogens is 329 g/mol. The Morgan fingerprint density at radius 3 is 2.67 bits per heavy atom. The minimum Gasteiger partial charge on any atom is -0.455 e. The summed E-state index contributed by atoms with van der Waals surface area (Å²) in [5.41, 5.74) is 0.259. The van der Waals surface area contributed by atoms with E-state index in [9.17, 15) is 22.8 Å². The van der Waals surface area contributed by atoms with E-state index in [1.54, 1.807) is 12.1 Å². The number of carbonyl (C=O) groups excluding carboxylic acids is 2. The first-order chi connectivity index (χ1) is 11.3. The molecule has 0 atom stereocenters. The number of amides is 4. The topological polar surface area (TPSA) is 96.1 Å². The third-order valence-corrected chi connectivity index (χ3v) is 3.05. The maximum absolute atomic E-state index is 12.4. The van der Waals surface area contributed by atoms with Crippen LogP contribution >= 0.6 is 0 Å². The van der Waals surface area contributed by atoms with Crippen molar-refractivity contribution < 1.29 is 27.2 Å². The number of benzene rings is 1. The quantitative estimate of drug-likeness (QED) is 0.896. The average Bonchev–Trinajstić information content (AvgIpc) is 3.10. The first-order valence-corrected chi connectivity index (χ1v) is 6.64. The predicted molar refractivity (Wildman–Crippen MR) is 73.7 cm³/mol. The predicted octanol–water partition coefficient (Wildman–Crippen LogP) is 1.99. The number of furan rings is 1. The molecule has 1 aliphatic rings. The van der Waals surface area contributed by atoms with Crippen molar-refractivity contribution in [1.29, 1.82) is 0 Å². The highest BCUT2D eigenvalue weighted by Crippen LogP contribution is 2.30. The summed E-state index contributed by atoms with van der Waals surface area (Å²) in [4.78, 5) is 30.3. The number of urea groups is 2. The smallest absolute Gasteiger partial charge is 0.449 e. The van der Waals surface area contributed by atoms with Crippen LogP contribution in [0.15, 0.2) is 44.7 Å². The minimum atomic E-state index is -4.58. The van der Waals surface area contributed by atoms with Gasteiger partial charge in [0, 0.05) is 0 Å². The Kier molecular flexibility index (Phi) is 3.80. The second kappa shape index (κ2) is 5.80. The summed E-state index contributed by atoms with van der Waals surface area (Å²) in [6, 6.07) is 5.20. The Balaban J connectivity index is 1.65. The Labute approximate surface area is 131 Å². The van der Waals surface area contributed by atoms with Crippen LogP contribution in [0.1, 0.15) is 11.5 Å². The maximum atomic E-state index is 12.4. The van der Waals surface area contributed by atoms with Crippen LogP contribution < -0.4 is 21.3 Å². The molecule has 1 aromatic heterocycles. The first kappa shape index (κ1) is 15.7. The van der Waals surface area contributed by atoms with Gasteiger partial charge in [-0.3, -0.25) is 0 Å². The molecule has 0 unspecified atom stereocenters. The fourth-order valence-electron chi connectivity index (χ4n) is 2.02. The number of fused-ring (bicyclic) bond motifs is 1. The van der Waals surface area contributed by atoms with Crippen LogP contribution in [0, 0.1) is 0 Å². The second-order valence-electron chi connectivity index (χ2n) is 4.75. The molecule has 0 saturated carbocycles. The molecule has 0 saturated heterocycles. The van der Waals surface area contributed by atoms with Gasteiger partial charge in [0.15, 0.2) is 0 Å². The number of carbonyl (C=O) groups is 2. The van der Waals surface area contributed by atoms with E-state index >= 15 is 0 Å². The Morgan fingerprint density at radius 1 is 1.17 bits per heavy atom. The zero-order valence-electron chi connectivity index (χ0n) is 11.8. The molecule has 0 bridgehead atoms. The van der Waals surface area contributed by atoms with Gasteiger partial charge in [-0.25, -0.2) is 9.59 Å². The molecule has 2 aromatic rings. The zero-order chi connectivity index (χ0) is 17.3. The summed E-state index contributed by atoms with van der Waals surface area (Å²) in [6.07, 6.45) is -4.58. The molecule has 4 amide bonds. The number of halogens is 3. The van der Waals surface area contributed by atoms with Gasteiger partial charge in [-0.2, -0.15) is 23.2 Å². The lowest BCUT2D eigenvalue weighted by molar-refractivity contribution is -0.153. The third kappa shape index (κ3) is 3.26. The number of nitrogens with one attached hydrogen (secondary N) is 2. The van der Waals surface area contributed by atoms with E-state index in [1.807, 2.05) is 0 Å². The number of rotatable bonds is 3. The summed E-state index contributed by atoms with van der Waals surface area (Å²) in [5, 5.41) is 5.36. The van der Waals surface area contributed by atoms with E-state index in [2.05, 4.69) is 25.0 Å². The van der Waals surface area contributed by atoms with Gasteiger partial charge in [0.05, 0.1) is 17.6 Å². The van der Waals surface area contributed by atoms with Gasteiger partial charge in [0.1, 0.15) is 11.1 Å². The molecule has 0 aliphatic carbocycles. The highest BCUT2D eigenvalue weighted by Gasteiger charge is 2.34. The Bertz CT molecular complexity index is 933. The van der Waals surface area contributed by atoms with E-state index in [0.29, 0.717) is 5.36 Å². The molecule has 0 fully saturated rings. The van der Waals surface area contributed by atoms with Crippen LogP contribution in [0.3, 0.4) is 0 Å². The molecule has 1 aliphatic heterocycles. The van der Waals surface area contributed by atoms with Crippen LogP contribution in [0.2, 0.25) is 0 Å². The highest BCUT2D eigenvalue weighted by atomic mass is 19.4.